The van der Waals surface area contributed by atoms with Crippen molar-refractivity contribution >= 4 is 17.5 Å². The molecular weight excluding hydrogens is 261 g/mol. The summed E-state index contributed by atoms with van der Waals surface area (Å²) in [6.45, 7) is 5.03. The van der Waals surface area contributed by atoms with Crippen molar-refractivity contribution in [3.63, 3.8) is 0 Å². The number of carbonyl (C=O) groups is 1. The van der Waals surface area contributed by atoms with Crippen LogP contribution < -0.4 is 11.1 Å². The molecule has 6 nitrogen and oxygen atoms in total. The molecule has 0 saturated carbocycles. The lowest BCUT2D eigenvalue weighted by Crippen LogP contribution is -2.17. The standard InChI is InChI=1S/C13H14FN5O/c1-6-4-9(15)5-10(11(6)14)12(20)17-13-16-7(2)8(3)18-19-13/h4-5H,15H2,1-3H3,(H,16,17,19,20). The predicted octanol–water partition coefficient (Wildman–Crippen LogP) is 1.77. The number of nitrogens with zero attached hydrogens (tertiary/aromatic N) is 3. The van der Waals surface area contributed by atoms with E-state index < -0.39 is 11.7 Å². The maximum Gasteiger partial charge on any atom is 0.261 e. The number of rotatable bonds is 2. The van der Waals surface area contributed by atoms with E-state index in [4.69, 9.17) is 5.73 Å². The molecule has 1 heterocycles. The average molecular weight is 275 g/mol. The lowest BCUT2D eigenvalue weighted by atomic mass is 10.1. The fourth-order valence-electron chi connectivity index (χ4n) is 1.64. The lowest BCUT2D eigenvalue weighted by molar-refractivity contribution is 0.102. The Kier molecular flexibility index (Phi) is 3.60. The quantitative estimate of drug-likeness (QED) is 0.815. The van der Waals surface area contributed by atoms with E-state index in [-0.39, 0.29) is 11.5 Å². The summed E-state index contributed by atoms with van der Waals surface area (Å²) < 4.78 is 13.9. The summed E-state index contributed by atoms with van der Waals surface area (Å²) in [4.78, 5) is 16.1. The van der Waals surface area contributed by atoms with Gasteiger partial charge in [-0.1, -0.05) is 0 Å². The molecule has 1 aromatic heterocycles. The minimum absolute atomic E-state index is 0.0255. The molecule has 104 valence electrons. The third kappa shape index (κ3) is 2.71. The maximum absolute atomic E-state index is 13.9. The molecule has 0 bridgehead atoms. The first-order valence-corrected chi connectivity index (χ1v) is 5.93. The van der Waals surface area contributed by atoms with Crippen molar-refractivity contribution in [3.05, 3.63) is 40.5 Å². The normalized spacial score (nSPS) is 10.4. The topological polar surface area (TPSA) is 93.8 Å². The summed E-state index contributed by atoms with van der Waals surface area (Å²) in [5, 5.41) is 9.97. The van der Waals surface area contributed by atoms with Gasteiger partial charge in [0.2, 0.25) is 5.95 Å². The molecule has 0 saturated heterocycles. The van der Waals surface area contributed by atoms with Gasteiger partial charge in [0, 0.05) is 5.69 Å². The Morgan fingerprint density at radius 3 is 2.55 bits per heavy atom. The van der Waals surface area contributed by atoms with Crippen molar-refractivity contribution in [1.29, 1.82) is 0 Å². The molecule has 2 aromatic rings. The summed E-state index contributed by atoms with van der Waals surface area (Å²) in [6.07, 6.45) is 0. The highest BCUT2D eigenvalue weighted by molar-refractivity contribution is 6.04. The Hall–Kier alpha value is -2.57. The molecule has 0 atom stereocenters. The number of benzene rings is 1. The Morgan fingerprint density at radius 1 is 1.20 bits per heavy atom. The van der Waals surface area contributed by atoms with Crippen LogP contribution in [0, 0.1) is 26.6 Å². The van der Waals surface area contributed by atoms with Gasteiger partial charge in [-0.15, -0.1) is 5.10 Å². The molecule has 7 heteroatoms. The first-order valence-electron chi connectivity index (χ1n) is 5.93. The second-order valence-electron chi connectivity index (χ2n) is 4.46. The van der Waals surface area contributed by atoms with Crippen LogP contribution in [-0.2, 0) is 0 Å². The van der Waals surface area contributed by atoms with Gasteiger partial charge in [0.05, 0.1) is 17.0 Å². The van der Waals surface area contributed by atoms with Gasteiger partial charge in [-0.2, -0.15) is 5.10 Å². The van der Waals surface area contributed by atoms with Gasteiger partial charge in [-0.25, -0.2) is 9.37 Å². The summed E-state index contributed by atoms with van der Waals surface area (Å²) in [5.41, 5.74) is 7.38. The third-order valence-electron chi connectivity index (χ3n) is 2.84. The van der Waals surface area contributed by atoms with E-state index in [1.54, 1.807) is 13.8 Å². The summed E-state index contributed by atoms with van der Waals surface area (Å²) in [6, 6.07) is 2.73. The van der Waals surface area contributed by atoms with Crippen LogP contribution >= 0.6 is 0 Å². The molecule has 0 fully saturated rings. The highest BCUT2D eigenvalue weighted by Crippen LogP contribution is 2.18. The third-order valence-corrected chi connectivity index (χ3v) is 2.84. The monoisotopic (exact) mass is 275 g/mol. The molecule has 20 heavy (non-hydrogen) atoms. The van der Waals surface area contributed by atoms with Crippen LogP contribution in [0.25, 0.3) is 0 Å². The van der Waals surface area contributed by atoms with Crippen molar-refractivity contribution in [2.75, 3.05) is 11.1 Å². The fraction of sp³-hybridized carbons (Fsp3) is 0.231. The number of anilines is 2. The average Bonchev–Trinajstić information content (AvgIpc) is 2.38. The van der Waals surface area contributed by atoms with Gasteiger partial charge >= 0.3 is 0 Å². The zero-order chi connectivity index (χ0) is 14.9. The Morgan fingerprint density at radius 2 is 1.90 bits per heavy atom. The van der Waals surface area contributed by atoms with Crippen molar-refractivity contribution in [2.24, 2.45) is 0 Å². The van der Waals surface area contributed by atoms with Crippen LogP contribution in [0.2, 0.25) is 0 Å². The Balaban J connectivity index is 2.30. The van der Waals surface area contributed by atoms with Gasteiger partial charge in [0.15, 0.2) is 0 Å². The van der Waals surface area contributed by atoms with Crippen LogP contribution in [0.5, 0.6) is 0 Å². The number of carbonyl (C=O) groups excluding carboxylic acids is 1. The van der Waals surface area contributed by atoms with Gasteiger partial charge < -0.3 is 5.73 Å². The molecule has 0 aliphatic heterocycles. The summed E-state index contributed by atoms with van der Waals surface area (Å²) in [7, 11) is 0. The molecular formula is C13H14FN5O. The van der Waals surface area contributed by atoms with Crippen LogP contribution in [-0.4, -0.2) is 21.1 Å². The summed E-state index contributed by atoms with van der Waals surface area (Å²) >= 11 is 0. The lowest BCUT2D eigenvalue weighted by Gasteiger charge is -2.08. The van der Waals surface area contributed by atoms with Gasteiger partial charge in [-0.3, -0.25) is 10.1 Å². The smallest absolute Gasteiger partial charge is 0.261 e. The molecule has 0 unspecified atom stereocenters. The van der Waals surface area contributed by atoms with Crippen molar-refractivity contribution in [1.82, 2.24) is 15.2 Å². The molecule has 0 aliphatic rings. The van der Waals surface area contributed by atoms with Crippen LogP contribution in [0.4, 0.5) is 16.0 Å². The molecule has 0 spiro atoms. The van der Waals surface area contributed by atoms with E-state index in [2.05, 4.69) is 20.5 Å². The SMILES string of the molecule is Cc1cc(N)cc(C(=O)Nc2nnc(C)c(C)n2)c1F. The molecule has 0 radical (unpaired) electrons. The maximum atomic E-state index is 13.9. The number of nitrogens with two attached hydrogens (primary N) is 1. The van der Waals surface area contributed by atoms with Gasteiger partial charge in [0.25, 0.3) is 5.91 Å². The van der Waals surface area contributed by atoms with Gasteiger partial charge in [0.1, 0.15) is 5.82 Å². The number of aryl methyl sites for hydroxylation is 3. The van der Waals surface area contributed by atoms with E-state index in [0.29, 0.717) is 22.6 Å². The second-order valence-corrected chi connectivity index (χ2v) is 4.46. The van der Waals surface area contributed by atoms with Crippen LogP contribution in [0.1, 0.15) is 27.3 Å². The van der Waals surface area contributed by atoms with Crippen LogP contribution in [0.15, 0.2) is 12.1 Å². The molecule has 1 aromatic carbocycles. The van der Waals surface area contributed by atoms with Crippen molar-refractivity contribution < 1.29 is 9.18 Å². The van der Waals surface area contributed by atoms with E-state index in [0.717, 1.165) is 0 Å². The first-order chi connectivity index (χ1) is 9.38. The largest absolute Gasteiger partial charge is 0.399 e. The Labute approximate surface area is 115 Å². The number of amides is 1. The highest BCUT2D eigenvalue weighted by atomic mass is 19.1. The number of aromatic nitrogens is 3. The second kappa shape index (κ2) is 5.20. The molecule has 0 aliphatic carbocycles. The van der Waals surface area contributed by atoms with Crippen molar-refractivity contribution in [2.45, 2.75) is 20.8 Å². The van der Waals surface area contributed by atoms with Crippen LogP contribution in [0.3, 0.4) is 0 Å². The fourth-order valence-corrected chi connectivity index (χ4v) is 1.64. The highest BCUT2D eigenvalue weighted by Gasteiger charge is 2.16. The van der Waals surface area contributed by atoms with Gasteiger partial charge in [-0.05, 0) is 38.5 Å². The zero-order valence-corrected chi connectivity index (χ0v) is 11.4. The number of hydrogen-bond acceptors (Lipinski definition) is 5. The molecule has 3 N–H and O–H groups in total. The zero-order valence-electron chi connectivity index (χ0n) is 11.4. The minimum atomic E-state index is -0.664. The molecule has 1 amide bonds. The van der Waals surface area contributed by atoms with E-state index in [1.807, 2.05) is 0 Å². The van der Waals surface area contributed by atoms with E-state index in [1.165, 1.54) is 19.1 Å². The number of halogens is 1. The van der Waals surface area contributed by atoms with E-state index >= 15 is 0 Å². The molecule has 2 rings (SSSR count). The number of nitrogens with one attached hydrogen (secondary N) is 1. The number of hydrogen-bond donors (Lipinski definition) is 2. The summed E-state index contributed by atoms with van der Waals surface area (Å²) in [5.74, 6) is -1.26. The van der Waals surface area contributed by atoms with Crippen molar-refractivity contribution in [3.8, 4) is 0 Å². The first kappa shape index (κ1) is 13.9. The predicted molar refractivity (Wildman–Crippen MR) is 72.8 cm³/mol. The van der Waals surface area contributed by atoms with E-state index in [9.17, 15) is 9.18 Å². The minimum Gasteiger partial charge on any atom is -0.399 e. The number of nitrogen functional groups attached to an aromatic ring is 1. The Bertz CT molecular complexity index is 687.